The van der Waals surface area contributed by atoms with Gasteiger partial charge in [-0.2, -0.15) is 5.10 Å². The monoisotopic (exact) mass is 315 g/mol. The molecule has 0 amide bonds. The fourth-order valence-electron chi connectivity index (χ4n) is 3.01. The van der Waals surface area contributed by atoms with Crippen LogP contribution in [-0.2, 0) is 22.6 Å². The third-order valence-electron chi connectivity index (χ3n) is 4.11. The number of hydrogen-bond acceptors (Lipinski definition) is 5. The second kappa shape index (κ2) is 6.93. The van der Waals surface area contributed by atoms with E-state index in [2.05, 4.69) is 17.2 Å². The summed E-state index contributed by atoms with van der Waals surface area (Å²) in [4.78, 5) is 13.8. The molecule has 0 aliphatic carbocycles. The number of benzene rings is 1. The zero-order valence-corrected chi connectivity index (χ0v) is 13.1. The minimum atomic E-state index is -0.488. The molecule has 0 bridgehead atoms. The summed E-state index contributed by atoms with van der Waals surface area (Å²) in [5.74, 6) is -0.293. The van der Waals surface area contributed by atoms with Crippen molar-refractivity contribution < 1.29 is 14.6 Å². The van der Waals surface area contributed by atoms with Crippen LogP contribution in [0.3, 0.4) is 0 Å². The Labute approximate surface area is 135 Å². The van der Waals surface area contributed by atoms with E-state index in [1.807, 2.05) is 40.2 Å². The van der Waals surface area contributed by atoms with Crippen molar-refractivity contribution in [2.24, 2.45) is 0 Å². The summed E-state index contributed by atoms with van der Waals surface area (Å²) in [6, 6.07) is 9.74. The van der Waals surface area contributed by atoms with Crippen LogP contribution in [-0.4, -0.2) is 51.6 Å². The SMILES string of the molecule is COC(=O)[C@H]1C[C@H](O)CN1Cc1cnn(Cc2ccccc2)c1. The van der Waals surface area contributed by atoms with Crippen LogP contribution in [0.2, 0.25) is 0 Å². The summed E-state index contributed by atoms with van der Waals surface area (Å²) in [5.41, 5.74) is 2.20. The quantitative estimate of drug-likeness (QED) is 0.835. The van der Waals surface area contributed by atoms with Crippen molar-refractivity contribution in [2.45, 2.75) is 31.7 Å². The van der Waals surface area contributed by atoms with Crippen LogP contribution in [0.25, 0.3) is 0 Å². The minimum absolute atomic E-state index is 0.293. The predicted molar refractivity (Wildman–Crippen MR) is 84.6 cm³/mol. The van der Waals surface area contributed by atoms with Crippen LogP contribution in [0.5, 0.6) is 0 Å². The van der Waals surface area contributed by atoms with E-state index in [9.17, 15) is 9.90 Å². The van der Waals surface area contributed by atoms with Crippen molar-refractivity contribution in [1.29, 1.82) is 0 Å². The Balaban J connectivity index is 1.65. The number of carbonyl (C=O) groups excluding carboxylic acids is 1. The Hall–Kier alpha value is -2.18. The average molecular weight is 315 g/mol. The number of esters is 1. The number of carbonyl (C=O) groups is 1. The van der Waals surface area contributed by atoms with E-state index in [0.717, 1.165) is 5.56 Å². The molecule has 1 fully saturated rings. The summed E-state index contributed by atoms with van der Waals surface area (Å²) in [6.45, 7) is 1.76. The van der Waals surface area contributed by atoms with Gasteiger partial charge in [-0.05, 0) is 5.56 Å². The number of hydrogen-bond donors (Lipinski definition) is 1. The van der Waals surface area contributed by atoms with E-state index in [1.165, 1.54) is 12.7 Å². The lowest BCUT2D eigenvalue weighted by molar-refractivity contribution is -0.146. The molecule has 1 aromatic heterocycles. The first-order valence-corrected chi connectivity index (χ1v) is 7.71. The number of likely N-dealkylation sites (tertiary alicyclic amines) is 1. The fraction of sp³-hybridized carbons (Fsp3) is 0.412. The Bertz CT molecular complexity index is 656. The van der Waals surface area contributed by atoms with Gasteiger partial charge in [0.15, 0.2) is 0 Å². The van der Waals surface area contributed by atoms with E-state index in [0.29, 0.717) is 26.1 Å². The number of methoxy groups -OCH3 is 1. The van der Waals surface area contributed by atoms with Crippen molar-refractivity contribution in [1.82, 2.24) is 14.7 Å². The first-order chi connectivity index (χ1) is 11.2. The number of β-amino-alcohol motifs (C(OH)–C–C–N with tert-alkyl or cyclic N) is 1. The number of aromatic nitrogens is 2. The predicted octanol–water partition coefficient (Wildman–Crippen LogP) is 1.04. The third-order valence-corrected chi connectivity index (χ3v) is 4.11. The highest BCUT2D eigenvalue weighted by Crippen LogP contribution is 2.21. The molecule has 1 saturated heterocycles. The zero-order chi connectivity index (χ0) is 16.2. The molecule has 23 heavy (non-hydrogen) atoms. The Morgan fingerprint density at radius 2 is 2.09 bits per heavy atom. The van der Waals surface area contributed by atoms with Crippen LogP contribution in [0.4, 0.5) is 0 Å². The molecular formula is C17H21N3O3. The van der Waals surface area contributed by atoms with E-state index in [1.54, 1.807) is 0 Å². The molecule has 0 spiro atoms. The van der Waals surface area contributed by atoms with Gasteiger partial charge in [-0.25, -0.2) is 0 Å². The minimum Gasteiger partial charge on any atom is -0.468 e. The third kappa shape index (κ3) is 3.78. The molecule has 2 aromatic rings. The highest BCUT2D eigenvalue weighted by atomic mass is 16.5. The van der Waals surface area contributed by atoms with Crippen molar-refractivity contribution >= 4 is 5.97 Å². The molecule has 3 rings (SSSR count). The van der Waals surface area contributed by atoms with Crippen LogP contribution in [0.15, 0.2) is 42.7 Å². The van der Waals surface area contributed by atoms with Gasteiger partial charge in [-0.3, -0.25) is 14.4 Å². The van der Waals surface area contributed by atoms with Gasteiger partial charge in [0.1, 0.15) is 6.04 Å². The molecule has 2 atom stereocenters. The van der Waals surface area contributed by atoms with Gasteiger partial charge in [0.2, 0.25) is 0 Å². The van der Waals surface area contributed by atoms with E-state index >= 15 is 0 Å². The van der Waals surface area contributed by atoms with Gasteiger partial charge in [0.25, 0.3) is 0 Å². The van der Waals surface area contributed by atoms with Gasteiger partial charge >= 0.3 is 5.97 Å². The van der Waals surface area contributed by atoms with Crippen molar-refractivity contribution in [3.8, 4) is 0 Å². The Morgan fingerprint density at radius 1 is 1.30 bits per heavy atom. The van der Waals surface area contributed by atoms with Gasteiger partial charge < -0.3 is 9.84 Å². The molecule has 1 aromatic carbocycles. The second-order valence-electron chi connectivity index (χ2n) is 5.89. The van der Waals surface area contributed by atoms with E-state index < -0.39 is 6.10 Å². The molecule has 0 radical (unpaired) electrons. The van der Waals surface area contributed by atoms with Crippen LogP contribution >= 0.6 is 0 Å². The van der Waals surface area contributed by atoms with E-state index in [-0.39, 0.29) is 12.0 Å². The van der Waals surface area contributed by atoms with Gasteiger partial charge in [0, 0.05) is 31.3 Å². The summed E-state index contributed by atoms with van der Waals surface area (Å²) < 4.78 is 6.70. The number of aliphatic hydroxyl groups is 1. The van der Waals surface area contributed by atoms with Crippen molar-refractivity contribution in [3.05, 3.63) is 53.9 Å². The average Bonchev–Trinajstić information content (AvgIpc) is 3.14. The molecular weight excluding hydrogens is 294 g/mol. The number of aliphatic hydroxyl groups excluding tert-OH is 1. The van der Waals surface area contributed by atoms with Crippen molar-refractivity contribution in [3.63, 3.8) is 0 Å². The second-order valence-corrected chi connectivity index (χ2v) is 5.89. The summed E-state index contributed by atoms with van der Waals surface area (Å²) >= 11 is 0. The number of nitrogens with zero attached hydrogens (tertiary/aromatic N) is 3. The topological polar surface area (TPSA) is 67.6 Å². The maximum atomic E-state index is 11.8. The first-order valence-electron chi connectivity index (χ1n) is 7.71. The van der Waals surface area contributed by atoms with Gasteiger partial charge in [-0.15, -0.1) is 0 Å². The van der Waals surface area contributed by atoms with Crippen LogP contribution in [0, 0.1) is 0 Å². The lowest BCUT2D eigenvalue weighted by atomic mass is 10.2. The molecule has 0 unspecified atom stereocenters. The number of rotatable bonds is 5. The van der Waals surface area contributed by atoms with E-state index in [4.69, 9.17) is 4.74 Å². The maximum absolute atomic E-state index is 11.8. The smallest absolute Gasteiger partial charge is 0.323 e. The molecule has 122 valence electrons. The lowest BCUT2D eigenvalue weighted by Gasteiger charge is -2.21. The van der Waals surface area contributed by atoms with Crippen LogP contribution in [0.1, 0.15) is 17.5 Å². The highest BCUT2D eigenvalue weighted by Gasteiger charge is 2.36. The molecule has 1 aliphatic heterocycles. The molecule has 2 heterocycles. The molecule has 6 nitrogen and oxygen atoms in total. The molecule has 0 saturated carbocycles. The zero-order valence-electron chi connectivity index (χ0n) is 13.1. The Morgan fingerprint density at radius 3 is 2.83 bits per heavy atom. The standard InChI is InChI=1S/C17H21N3O3/c1-23-17(22)16-7-15(21)12-19(16)9-14-8-18-20(11-14)10-13-5-3-2-4-6-13/h2-6,8,11,15-16,21H,7,9-10,12H2,1H3/t15-,16+/m0/s1. The lowest BCUT2D eigenvalue weighted by Crippen LogP contribution is -2.36. The summed E-state index contributed by atoms with van der Waals surface area (Å²) in [7, 11) is 1.38. The Kier molecular flexibility index (Phi) is 4.73. The van der Waals surface area contributed by atoms with Crippen molar-refractivity contribution in [2.75, 3.05) is 13.7 Å². The fourth-order valence-corrected chi connectivity index (χ4v) is 3.01. The molecule has 1 aliphatic rings. The maximum Gasteiger partial charge on any atom is 0.323 e. The molecule has 1 N–H and O–H groups in total. The normalized spacial score (nSPS) is 21.5. The molecule has 6 heteroatoms. The summed E-state index contributed by atoms with van der Waals surface area (Å²) in [5, 5.41) is 14.2. The van der Waals surface area contributed by atoms with Gasteiger partial charge in [0.05, 0.1) is 26.0 Å². The van der Waals surface area contributed by atoms with Gasteiger partial charge in [-0.1, -0.05) is 30.3 Å². The largest absolute Gasteiger partial charge is 0.468 e. The highest BCUT2D eigenvalue weighted by molar-refractivity contribution is 5.76. The van der Waals surface area contributed by atoms with Crippen LogP contribution < -0.4 is 0 Å². The number of ether oxygens (including phenoxy) is 1. The summed E-state index contributed by atoms with van der Waals surface area (Å²) in [6.07, 6.45) is 3.72. The first kappa shape index (κ1) is 15.7.